The molecule has 2 heteroatoms. The van der Waals surface area contributed by atoms with Crippen LogP contribution in [0.5, 0.6) is 0 Å². The number of rotatable bonds is 1. The summed E-state index contributed by atoms with van der Waals surface area (Å²) in [5, 5.41) is 0. The molecule has 2 N–H and O–H groups in total. The second-order valence-corrected chi connectivity index (χ2v) is 1.69. The molecule has 0 aromatic heterocycles. The van der Waals surface area contributed by atoms with Gasteiger partial charge in [0.2, 0.25) is 0 Å². The Hall–Kier alpha value is -0.223. The molecule has 44 valence electrons. The summed E-state index contributed by atoms with van der Waals surface area (Å²) in [4.78, 5) is 0. The second-order valence-electron chi connectivity index (χ2n) is 1.69. The molecule has 0 saturated heterocycles. The molecule has 1 nitrogen and oxygen atoms in total. The molecule has 0 bridgehead atoms. The summed E-state index contributed by atoms with van der Waals surface area (Å²) < 4.78 is 0. The molecule has 0 spiro atoms. The monoisotopic (exact) mass is 115 g/mol. The first-order valence-corrected chi connectivity index (χ1v) is 2.67. The van der Waals surface area contributed by atoms with Crippen LogP contribution in [0.2, 0.25) is 0 Å². The Bertz CT molecular complexity index is 150. The van der Waals surface area contributed by atoms with Crippen molar-refractivity contribution >= 4 is 18.9 Å². The van der Waals surface area contributed by atoms with Crippen molar-refractivity contribution in [2.75, 3.05) is 0 Å². The maximum absolute atomic E-state index is 5.35. The Morgan fingerprint density at radius 1 is 1.11 bits per heavy atom. The summed E-state index contributed by atoms with van der Waals surface area (Å²) in [6, 6.07) is 9.99. The Morgan fingerprint density at radius 3 is 2.00 bits per heavy atom. The molecule has 0 heterocycles. The third-order valence-electron chi connectivity index (χ3n) is 1.08. The predicted molar refractivity (Wildman–Crippen MR) is 41.5 cm³/mol. The summed E-state index contributed by atoms with van der Waals surface area (Å²) in [6.07, 6.45) is 0. The van der Waals surface area contributed by atoms with E-state index in [0.29, 0.717) is 6.54 Å². The predicted octanol–water partition coefficient (Wildman–Crippen LogP) is 0.497. The van der Waals surface area contributed by atoms with Gasteiger partial charge in [-0.15, -0.1) is 0 Å². The van der Waals surface area contributed by atoms with Crippen molar-refractivity contribution in [2.24, 2.45) is 5.73 Å². The first-order chi connectivity index (χ1) is 3.93. The van der Waals surface area contributed by atoms with Gasteiger partial charge in [-0.1, -0.05) is 30.3 Å². The van der Waals surface area contributed by atoms with Crippen LogP contribution >= 0.6 is 0 Å². The summed E-state index contributed by atoms with van der Waals surface area (Å²) >= 11 is 0. The third-order valence-corrected chi connectivity index (χ3v) is 1.08. The zero-order valence-electron chi connectivity index (χ0n) is 4.67. The zero-order valence-corrected chi connectivity index (χ0v) is 4.67. The van der Waals surface area contributed by atoms with E-state index in [9.17, 15) is 0 Å². The molecule has 0 radical (unpaired) electrons. The second kappa shape index (κ2) is 4.64. The van der Waals surface area contributed by atoms with Crippen LogP contribution in [0.15, 0.2) is 30.3 Å². The van der Waals surface area contributed by atoms with Crippen molar-refractivity contribution < 1.29 is 0 Å². The molecular formula is C7H10LiN. The van der Waals surface area contributed by atoms with E-state index in [1.54, 1.807) is 0 Å². The van der Waals surface area contributed by atoms with E-state index in [4.69, 9.17) is 5.73 Å². The van der Waals surface area contributed by atoms with Gasteiger partial charge in [-0.3, -0.25) is 0 Å². The molecule has 0 fully saturated rings. The van der Waals surface area contributed by atoms with E-state index >= 15 is 0 Å². The molecule has 0 atom stereocenters. The number of hydrogen-bond acceptors (Lipinski definition) is 1. The van der Waals surface area contributed by atoms with Crippen LogP contribution in [-0.4, -0.2) is 18.9 Å². The Labute approximate surface area is 67.4 Å². The standard InChI is InChI=1S/C7H9N.Li.H/c8-6-7-4-2-1-3-5-7;;/h1-5H,6,8H2;;. The van der Waals surface area contributed by atoms with Gasteiger partial charge in [0.25, 0.3) is 0 Å². The third kappa shape index (κ3) is 2.72. The first kappa shape index (κ1) is 8.78. The molecule has 0 aliphatic rings. The van der Waals surface area contributed by atoms with Gasteiger partial charge in [0, 0.05) is 6.54 Å². The number of nitrogens with two attached hydrogens (primary N) is 1. The van der Waals surface area contributed by atoms with Gasteiger partial charge in [-0.2, -0.15) is 0 Å². The normalized spacial score (nSPS) is 8.11. The average Bonchev–Trinajstić information content (AvgIpc) is 1.90. The van der Waals surface area contributed by atoms with Gasteiger partial charge in [-0.05, 0) is 5.56 Å². The molecular weight excluding hydrogens is 105 g/mol. The van der Waals surface area contributed by atoms with Crippen molar-refractivity contribution in [3.63, 3.8) is 0 Å². The van der Waals surface area contributed by atoms with E-state index in [2.05, 4.69) is 0 Å². The van der Waals surface area contributed by atoms with Gasteiger partial charge < -0.3 is 5.73 Å². The molecule has 0 saturated carbocycles. The van der Waals surface area contributed by atoms with Crippen LogP contribution in [-0.2, 0) is 6.54 Å². The summed E-state index contributed by atoms with van der Waals surface area (Å²) in [5.41, 5.74) is 6.54. The van der Waals surface area contributed by atoms with Crippen LogP contribution in [0.1, 0.15) is 5.56 Å². The Morgan fingerprint density at radius 2 is 1.67 bits per heavy atom. The Balaban J connectivity index is 0.000000640. The van der Waals surface area contributed by atoms with Gasteiger partial charge >= 0.3 is 18.9 Å². The molecule has 0 aliphatic heterocycles. The maximum atomic E-state index is 5.35. The van der Waals surface area contributed by atoms with Crippen molar-refractivity contribution in [1.29, 1.82) is 0 Å². The van der Waals surface area contributed by atoms with E-state index in [0.717, 1.165) is 0 Å². The first-order valence-electron chi connectivity index (χ1n) is 2.67. The van der Waals surface area contributed by atoms with Crippen LogP contribution in [0.3, 0.4) is 0 Å². The van der Waals surface area contributed by atoms with E-state index in [1.165, 1.54) is 5.56 Å². The topological polar surface area (TPSA) is 26.0 Å². The molecule has 0 amide bonds. The van der Waals surface area contributed by atoms with Crippen molar-refractivity contribution in [2.45, 2.75) is 6.54 Å². The minimum absolute atomic E-state index is 0. The van der Waals surface area contributed by atoms with Crippen molar-refractivity contribution in [3.8, 4) is 0 Å². The fourth-order valence-corrected chi connectivity index (χ4v) is 0.614. The van der Waals surface area contributed by atoms with E-state index < -0.39 is 0 Å². The van der Waals surface area contributed by atoms with E-state index in [-0.39, 0.29) is 18.9 Å². The molecule has 1 aromatic rings. The van der Waals surface area contributed by atoms with Gasteiger partial charge in [-0.25, -0.2) is 0 Å². The van der Waals surface area contributed by atoms with Gasteiger partial charge in [0.15, 0.2) is 0 Å². The van der Waals surface area contributed by atoms with Gasteiger partial charge in [0.1, 0.15) is 0 Å². The summed E-state index contributed by atoms with van der Waals surface area (Å²) in [7, 11) is 0. The summed E-state index contributed by atoms with van der Waals surface area (Å²) in [5.74, 6) is 0. The Kier molecular flexibility index (Phi) is 4.52. The zero-order chi connectivity index (χ0) is 5.82. The van der Waals surface area contributed by atoms with Crippen molar-refractivity contribution in [1.82, 2.24) is 0 Å². The molecule has 1 rings (SSSR count). The fourth-order valence-electron chi connectivity index (χ4n) is 0.614. The molecule has 0 unspecified atom stereocenters. The molecule has 0 aliphatic carbocycles. The average molecular weight is 115 g/mol. The fraction of sp³-hybridized carbons (Fsp3) is 0.143. The van der Waals surface area contributed by atoms with Crippen LogP contribution in [0.4, 0.5) is 0 Å². The van der Waals surface area contributed by atoms with Gasteiger partial charge in [0.05, 0.1) is 0 Å². The molecule has 9 heavy (non-hydrogen) atoms. The summed E-state index contributed by atoms with van der Waals surface area (Å²) in [6.45, 7) is 0.640. The van der Waals surface area contributed by atoms with Crippen molar-refractivity contribution in [3.05, 3.63) is 35.9 Å². The minimum atomic E-state index is 0. The van der Waals surface area contributed by atoms with Crippen LogP contribution in [0.25, 0.3) is 0 Å². The molecule has 1 aromatic carbocycles. The van der Waals surface area contributed by atoms with Crippen LogP contribution in [0, 0.1) is 0 Å². The number of hydrogen-bond donors (Lipinski definition) is 1. The number of benzene rings is 1. The van der Waals surface area contributed by atoms with Crippen LogP contribution < -0.4 is 5.73 Å². The van der Waals surface area contributed by atoms with E-state index in [1.807, 2.05) is 30.3 Å². The SMILES string of the molecule is NCc1ccccc1.[LiH]. The quantitative estimate of drug-likeness (QED) is 0.530.